The van der Waals surface area contributed by atoms with Crippen LogP contribution in [0.4, 0.5) is 0 Å². The summed E-state index contributed by atoms with van der Waals surface area (Å²) >= 11 is 0. The molecule has 0 spiro atoms. The fourth-order valence-electron chi connectivity index (χ4n) is 1.97. The maximum atomic E-state index is 10.6. The van der Waals surface area contributed by atoms with Crippen LogP contribution in [0.5, 0.6) is 0 Å². The Morgan fingerprint density at radius 3 is 0.979 bits per heavy atom. The van der Waals surface area contributed by atoms with Gasteiger partial charge >= 0.3 is 65.7 Å². The van der Waals surface area contributed by atoms with Gasteiger partial charge in [-0.05, 0) is 5.56 Å². The van der Waals surface area contributed by atoms with E-state index in [9.17, 15) is 52.7 Å². The van der Waals surface area contributed by atoms with Crippen molar-refractivity contribution in [1.82, 2.24) is 0 Å². The zero-order valence-electron chi connectivity index (χ0n) is 25.1. The standard InChI is InChI=1S/2C8H8O6.C8H8O3.C4H6O4/c2*1-5(9)13-7(11)3-4-8(12)14-6(2)10;9-7(8(10)11)6-4-2-1-3-5-6;5-3(6)1-2-4(7)8/h2*3-4H,1-2H3;1-5,7,9H,(H,10,11);1-2H2,(H,5,6)(H,7,8)/b2*4-3-;;/t;;7-;/m..1./s1. The van der Waals surface area contributed by atoms with Gasteiger partial charge in [0.25, 0.3) is 0 Å². The molecule has 0 bridgehead atoms. The number of aliphatic hydroxyl groups is 1. The van der Waals surface area contributed by atoms with Gasteiger partial charge in [0.05, 0.1) is 12.8 Å². The molecule has 19 nitrogen and oxygen atoms in total. The van der Waals surface area contributed by atoms with Crippen LogP contribution in [0.1, 0.15) is 52.2 Å². The van der Waals surface area contributed by atoms with E-state index in [1.165, 1.54) is 0 Å². The van der Waals surface area contributed by atoms with Gasteiger partial charge in [-0.15, -0.1) is 0 Å². The molecule has 1 aromatic carbocycles. The maximum absolute atomic E-state index is 10.6. The van der Waals surface area contributed by atoms with Crippen LogP contribution in [-0.4, -0.2) is 86.1 Å². The van der Waals surface area contributed by atoms with Crippen molar-refractivity contribution in [3.05, 3.63) is 60.2 Å². The number of aliphatic carboxylic acids is 3. The summed E-state index contributed by atoms with van der Waals surface area (Å²) in [4.78, 5) is 113. The number of carbonyl (C=O) groups excluding carboxylic acids is 8. The van der Waals surface area contributed by atoms with Crippen LogP contribution >= 0.6 is 0 Å². The quantitative estimate of drug-likeness (QED) is 0.118. The minimum atomic E-state index is -1.41. The molecule has 0 aromatic heterocycles. The summed E-state index contributed by atoms with van der Waals surface area (Å²) in [5, 5.41) is 33.2. The molecule has 0 aliphatic heterocycles. The zero-order chi connectivity index (χ0) is 37.1. The largest absolute Gasteiger partial charge is 0.481 e. The molecule has 0 fully saturated rings. The lowest BCUT2D eigenvalue weighted by molar-refractivity contribution is -0.157. The smallest absolute Gasteiger partial charge is 0.338 e. The van der Waals surface area contributed by atoms with Crippen LogP contribution in [0, 0.1) is 0 Å². The molecule has 0 saturated heterocycles. The van der Waals surface area contributed by atoms with Crippen LogP contribution in [0.15, 0.2) is 54.6 Å². The number of hydrogen-bond acceptors (Lipinski definition) is 16. The third-order valence-corrected chi connectivity index (χ3v) is 3.59. The Morgan fingerprint density at radius 2 is 0.787 bits per heavy atom. The van der Waals surface area contributed by atoms with Crippen LogP contribution in [0.25, 0.3) is 0 Å². The van der Waals surface area contributed by atoms with E-state index in [2.05, 4.69) is 18.9 Å². The van der Waals surface area contributed by atoms with E-state index in [0.29, 0.717) is 29.9 Å². The number of benzene rings is 1. The predicted molar refractivity (Wildman–Crippen MR) is 149 cm³/mol. The molecule has 0 aliphatic rings. The number of carboxylic acid groups (broad SMARTS) is 3. The first-order chi connectivity index (χ1) is 21.7. The second-order valence-corrected chi connectivity index (χ2v) is 7.76. The summed E-state index contributed by atoms with van der Waals surface area (Å²) in [6.45, 7) is 4.17. The maximum Gasteiger partial charge on any atom is 0.338 e. The van der Waals surface area contributed by atoms with E-state index in [-0.39, 0.29) is 12.8 Å². The summed E-state index contributed by atoms with van der Waals surface area (Å²) in [6, 6.07) is 8.26. The minimum Gasteiger partial charge on any atom is -0.481 e. The van der Waals surface area contributed by atoms with Crippen LogP contribution < -0.4 is 0 Å². The number of ether oxygens (including phenoxy) is 4. The molecule has 1 rings (SSSR count). The molecule has 0 heterocycles. The monoisotopic (exact) mass is 670 g/mol. The molecule has 1 atom stereocenters. The number of esters is 8. The van der Waals surface area contributed by atoms with Gasteiger partial charge < -0.3 is 39.4 Å². The molecule has 0 saturated carbocycles. The Kier molecular flexibility index (Phi) is 25.0. The Morgan fingerprint density at radius 1 is 0.532 bits per heavy atom. The Balaban J connectivity index is -0.000000560. The lowest BCUT2D eigenvalue weighted by atomic mass is 10.1. The van der Waals surface area contributed by atoms with E-state index >= 15 is 0 Å². The number of rotatable bonds is 9. The van der Waals surface area contributed by atoms with Gasteiger partial charge in [0, 0.05) is 52.0 Å². The van der Waals surface area contributed by atoms with Crippen molar-refractivity contribution in [2.75, 3.05) is 0 Å². The molecule has 4 N–H and O–H groups in total. The molecule has 0 radical (unpaired) electrons. The first-order valence-corrected chi connectivity index (χ1v) is 12.3. The van der Waals surface area contributed by atoms with E-state index in [1.807, 2.05) is 0 Å². The molecule has 19 heteroatoms. The lowest BCUT2D eigenvalue weighted by Crippen LogP contribution is -2.09. The molecule has 1 aromatic rings. The topological polar surface area (TPSA) is 306 Å². The molecular weight excluding hydrogens is 640 g/mol. The summed E-state index contributed by atoms with van der Waals surface area (Å²) in [7, 11) is 0. The van der Waals surface area contributed by atoms with Crippen molar-refractivity contribution < 1.29 is 92.1 Å². The Labute approximate surface area is 265 Å². The fraction of sp³-hybridized carbons (Fsp3) is 0.250. The summed E-state index contributed by atoms with van der Waals surface area (Å²) in [5.74, 6) is -10.6. The first-order valence-electron chi connectivity index (χ1n) is 12.3. The highest BCUT2D eigenvalue weighted by Gasteiger charge is 2.14. The van der Waals surface area contributed by atoms with Crippen LogP contribution in [-0.2, 0) is 71.7 Å². The first kappa shape index (κ1) is 45.1. The molecule has 0 unspecified atom stereocenters. The average Bonchev–Trinajstić information content (AvgIpc) is 2.93. The fourth-order valence-corrected chi connectivity index (χ4v) is 1.97. The highest BCUT2D eigenvalue weighted by atomic mass is 16.6. The molecular formula is C28H30O19. The van der Waals surface area contributed by atoms with Crippen molar-refractivity contribution in [2.45, 2.75) is 46.6 Å². The number of carboxylic acids is 3. The van der Waals surface area contributed by atoms with E-state index in [1.54, 1.807) is 30.3 Å². The third-order valence-electron chi connectivity index (χ3n) is 3.59. The van der Waals surface area contributed by atoms with Gasteiger partial charge in [-0.2, -0.15) is 0 Å². The normalized spacial score (nSPS) is 10.1. The van der Waals surface area contributed by atoms with E-state index < -0.39 is 71.8 Å². The summed E-state index contributed by atoms with van der Waals surface area (Å²) in [5.41, 5.74) is 0.403. The molecule has 47 heavy (non-hydrogen) atoms. The number of hydrogen-bond donors (Lipinski definition) is 4. The predicted octanol–water partition coefficient (Wildman–Crippen LogP) is 0.184. The zero-order valence-corrected chi connectivity index (χ0v) is 25.1. The molecule has 0 amide bonds. The van der Waals surface area contributed by atoms with Crippen molar-refractivity contribution >= 4 is 65.7 Å². The SMILES string of the molecule is CC(=O)OC(=O)/C=C\C(=O)OC(C)=O.CC(=O)OC(=O)/C=C\C(=O)OC(C)=O.O=C(O)CCC(=O)O.O=C(O)[C@H](O)c1ccccc1. The second-order valence-electron chi connectivity index (χ2n) is 7.76. The second kappa shape index (κ2) is 26.1. The van der Waals surface area contributed by atoms with Crippen molar-refractivity contribution in [2.24, 2.45) is 0 Å². The average molecular weight is 671 g/mol. The highest BCUT2D eigenvalue weighted by Crippen LogP contribution is 2.11. The third kappa shape index (κ3) is 34.0. The highest BCUT2D eigenvalue weighted by molar-refractivity contribution is 5.99. The molecule has 256 valence electrons. The summed E-state index contributed by atoms with van der Waals surface area (Å²) in [6.07, 6.45) is 0.750. The Hall–Kier alpha value is -6.37. The summed E-state index contributed by atoms with van der Waals surface area (Å²) < 4.78 is 16.2. The van der Waals surface area contributed by atoms with Gasteiger partial charge in [-0.3, -0.25) is 28.8 Å². The van der Waals surface area contributed by atoms with E-state index in [4.69, 9.17) is 20.4 Å². The van der Waals surface area contributed by atoms with Crippen LogP contribution in [0.2, 0.25) is 0 Å². The van der Waals surface area contributed by atoms with Crippen molar-refractivity contribution in [3.8, 4) is 0 Å². The van der Waals surface area contributed by atoms with Crippen molar-refractivity contribution in [3.63, 3.8) is 0 Å². The Bertz CT molecular complexity index is 1220. The van der Waals surface area contributed by atoms with Crippen LogP contribution in [0.3, 0.4) is 0 Å². The number of carbonyl (C=O) groups is 11. The van der Waals surface area contributed by atoms with E-state index in [0.717, 1.165) is 27.7 Å². The molecule has 0 aliphatic carbocycles. The number of aliphatic hydroxyl groups excluding tert-OH is 1. The minimum absolute atomic E-state index is 0.296. The van der Waals surface area contributed by atoms with Gasteiger partial charge in [0.2, 0.25) is 0 Å². The van der Waals surface area contributed by atoms with Gasteiger partial charge in [0.15, 0.2) is 6.10 Å². The van der Waals surface area contributed by atoms with Gasteiger partial charge in [-0.25, -0.2) is 24.0 Å². The lowest BCUT2D eigenvalue weighted by Gasteiger charge is -2.03. The van der Waals surface area contributed by atoms with Gasteiger partial charge in [0.1, 0.15) is 0 Å². The van der Waals surface area contributed by atoms with Crippen molar-refractivity contribution in [1.29, 1.82) is 0 Å². The van der Waals surface area contributed by atoms with Gasteiger partial charge in [-0.1, -0.05) is 30.3 Å².